The summed E-state index contributed by atoms with van der Waals surface area (Å²) in [6, 6.07) is 5.14. The minimum absolute atomic E-state index is 0.193. The zero-order valence-corrected chi connectivity index (χ0v) is 18.9. The minimum Gasteiger partial charge on any atom is -0.494 e. The molecule has 1 unspecified atom stereocenters. The summed E-state index contributed by atoms with van der Waals surface area (Å²) >= 11 is 0. The fourth-order valence-electron chi connectivity index (χ4n) is 4.33. The van der Waals surface area contributed by atoms with Crippen molar-refractivity contribution in [2.75, 3.05) is 55.9 Å². The zero-order valence-electron chi connectivity index (χ0n) is 18.9. The van der Waals surface area contributed by atoms with Gasteiger partial charge < -0.3 is 15.4 Å². The SMILES string of the molecule is CCN1CCCC1CNc1nc(Nc2ccc(OC)c(F)c2)nc(NN2CCCCC2)n1. The first-order chi connectivity index (χ1) is 15.6. The van der Waals surface area contributed by atoms with E-state index >= 15 is 0 Å². The van der Waals surface area contributed by atoms with Crippen molar-refractivity contribution in [2.45, 2.75) is 45.1 Å². The highest BCUT2D eigenvalue weighted by molar-refractivity contribution is 5.57. The van der Waals surface area contributed by atoms with Gasteiger partial charge in [0.15, 0.2) is 11.6 Å². The van der Waals surface area contributed by atoms with Crippen molar-refractivity contribution < 1.29 is 9.13 Å². The van der Waals surface area contributed by atoms with Gasteiger partial charge in [-0.3, -0.25) is 10.3 Å². The van der Waals surface area contributed by atoms with E-state index in [2.05, 4.69) is 47.8 Å². The Morgan fingerprint density at radius 1 is 1.03 bits per heavy atom. The number of hydrogen-bond donors (Lipinski definition) is 3. The zero-order chi connectivity index (χ0) is 22.3. The molecule has 0 spiro atoms. The minimum atomic E-state index is -0.447. The number of benzene rings is 1. The number of ether oxygens (including phenoxy) is 1. The van der Waals surface area contributed by atoms with Crippen LogP contribution in [-0.4, -0.2) is 70.7 Å². The van der Waals surface area contributed by atoms with Gasteiger partial charge in [0.25, 0.3) is 0 Å². The van der Waals surface area contributed by atoms with Crippen molar-refractivity contribution >= 4 is 23.5 Å². The van der Waals surface area contributed by atoms with E-state index in [1.165, 1.54) is 32.4 Å². The van der Waals surface area contributed by atoms with Crippen LogP contribution in [0.1, 0.15) is 39.0 Å². The van der Waals surface area contributed by atoms with Crippen molar-refractivity contribution in [3.8, 4) is 5.75 Å². The summed E-state index contributed by atoms with van der Waals surface area (Å²) < 4.78 is 19.1. The third-order valence-electron chi connectivity index (χ3n) is 6.06. The van der Waals surface area contributed by atoms with E-state index < -0.39 is 5.82 Å². The second-order valence-electron chi connectivity index (χ2n) is 8.25. The fourth-order valence-corrected chi connectivity index (χ4v) is 4.33. The van der Waals surface area contributed by atoms with Gasteiger partial charge in [0.1, 0.15) is 0 Å². The van der Waals surface area contributed by atoms with Crippen molar-refractivity contribution in [3.05, 3.63) is 24.0 Å². The Balaban J connectivity index is 1.51. The van der Waals surface area contributed by atoms with Crippen LogP contribution in [0.15, 0.2) is 18.2 Å². The maximum atomic E-state index is 14.1. The van der Waals surface area contributed by atoms with Crippen LogP contribution >= 0.6 is 0 Å². The Kier molecular flexibility index (Phi) is 7.54. The van der Waals surface area contributed by atoms with Gasteiger partial charge in [0, 0.05) is 37.4 Å². The quantitative estimate of drug-likeness (QED) is 0.538. The molecular formula is C22H33FN8O. The molecule has 3 heterocycles. The fraction of sp³-hybridized carbons (Fsp3) is 0.591. The summed E-state index contributed by atoms with van der Waals surface area (Å²) in [7, 11) is 1.44. The molecule has 2 fully saturated rings. The van der Waals surface area contributed by atoms with Crippen LogP contribution in [0, 0.1) is 5.82 Å². The molecule has 9 nitrogen and oxygen atoms in total. The van der Waals surface area contributed by atoms with E-state index in [-0.39, 0.29) is 5.75 Å². The standard InChI is InChI=1S/C22H33FN8O/c1-3-30-11-7-8-17(30)15-24-20-26-21(25-16-9-10-19(32-2)18(23)14-16)28-22(27-20)29-31-12-5-4-6-13-31/h9-10,14,17H,3-8,11-13,15H2,1-2H3,(H3,24,25,26,27,28,29). The lowest BCUT2D eigenvalue weighted by Crippen LogP contribution is -2.36. The molecular weight excluding hydrogens is 411 g/mol. The van der Waals surface area contributed by atoms with Crippen LogP contribution in [0.2, 0.25) is 0 Å². The third kappa shape index (κ3) is 5.74. The van der Waals surface area contributed by atoms with E-state index in [1.807, 2.05) is 0 Å². The second kappa shape index (κ2) is 10.7. The number of aromatic nitrogens is 3. The van der Waals surface area contributed by atoms with Crippen molar-refractivity contribution in [1.29, 1.82) is 0 Å². The van der Waals surface area contributed by atoms with Gasteiger partial charge in [-0.2, -0.15) is 15.0 Å². The molecule has 0 aliphatic carbocycles. The lowest BCUT2D eigenvalue weighted by molar-refractivity contribution is 0.271. The van der Waals surface area contributed by atoms with Gasteiger partial charge in [-0.1, -0.05) is 13.3 Å². The molecule has 0 amide bonds. The number of nitrogens with one attached hydrogen (secondary N) is 3. The average Bonchev–Trinajstić information content (AvgIpc) is 3.26. The summed E-state index contributed by atoms with van der Waals surface area (Å²) in [5.74, 6) is 1.07. The number of anilines is 4. The lowest BCUT2D eigenvalue weighted by atomic mass is 10.2. The van der Waals surface area contributed by atoms with Crippen LogP contribution < -0.4 is 20.8 Å². The molecule has 2 aliphatic heterocycles. The number of halogens is 1. The van der Waals surface area contributed by atoms with Gasteiger partial charge in [-0.25, -0.2) is 9.40 Å². The van der Waals surface area contributed by atoms with Crippen molar-refractivity contribution in [2.24, 2.45) is 0 Å². The summed E-state index contributed by atoms with van der Waals surface area (Å²) in [6.45, 7) is 7.05. The highest BCUT2D eigenvalue weighted by atomic mass is 19.1. The largest absolute Gasteiger partial charge is 0.494 e. The highest BCUT2D eigenvalue weighted by Gasteiger charge is 2.23. The molecule has 3 N–H and O–H groups in total. The predicted molar refractivity (Wildman–Crippen MR) is 124 cm³/mol. The number of hydrazine groups is 1. The Hall–Kier alpha value is -2.72. The normalized spacial score (nSPS) is 19.7. The molecule has 10 heteroatoms. The van der Waals surface area contributed by atoms with Gasteiger partial charge in [-0.15, -0.1) is 0 Å². The van der Waals surface area contributed by atoms with E-state index in [4.69, 9.17) is 4.74 Å². The molecule has 1 aromatic carbocycles. The van der Waals surface area contributed by atoms with E-state index in [0.29, 0.717) is 29.6 Å². The molecule has 2 saturated heterocycles. The maximum absolute atomic E-state index is 14.1. The van der Waals surface area contributed by atoms with Crippen molar-refractivity contribution in [3.63, 3.8) is 0 Å². The molecule has 2 aliphatic rings. The molecule has 0 saturated carbocycles. The molecule has 174 valence electrons. The summed E-state index contributed by atoms with van der Waals surface area (Å²) in [6.07, 6.45) is 5.92. The van der Waals surface area contributed by atoms with Gasteiger partial charge in [0.2, 0.25) is 17.8 Å². The summed E-state index contributed by atoms with van der Waals surface area (Å²) in [5, 5.41) is 8.62. The molecule has 0 radical (unpaired) electrons. The number of nitrogens with zero attached hydrogens (tertiary/aromatic N) is 5. The van der Waals surface area contributed by atoms with Crippen LogP contribution in [-0.2, 0) is 0 Å². The predicted octanol–water partition coefficient (Wildman–Crippen LogP) is 3.47. The van der Waals surface area contributed by atoms with Crippen LogP contribution in [0.5, 0.6) is 5.75 Å². The number of likely N-dealkylation sites (tertiary alicyclic amines) is 1. The summed E-state index contributed by atoms with van der Waals surface area (Å²) in [4.78, 5) is 16.1. The molecule has 4 rings (SSSR count). The first-order valence-electron chi connectivity index (χ1n) is 11.5. The Morgan fingerprint density at radius 2 is 1.81 bits per heavy atom. The number of likely N-dealkylation sites (N-methyl/N-ethyl adjacent to an activating group) is 1. The van der Waals surface area contributed by atoms with Crippen molar-refractivity contribution in [1.82, 2.24) is 24.9 Å². The van der Waals surface area contributed by atoms with Crippen LogP contribution in [0.4, 0.5) is 27.9 Å². The Labute approximate surface area is 188 Å². The molecule has 2 aromatic rings. The first kappa shape index (κ1) is 22.5. The average molecular weight is 445 g/mol. The van der Waals surface area contributed by atoms with Gasteiger partial charge in [-0.05, 0) is 50.9 Å². The first-order valence-corrected chi connectivity index (χ1v) is 11.5. The van der Waals surface area contributed by atoms with Crippen LogP contribution in [0.3, 0.4) is 0 Å². The second-order valence-corrected chi connectivity index (χ2v) is 8.25. The molecule has 0 bridgehead atoms. The van der Waals surface area contributed by atoms with Crippen LogP contribution in [0.25, 0.3) is 0 Å². The number of methoxy groups -OCH3 is 1. The molecule has 32 heavy (non-hydrogen) atoms. The number of piperidine rings is 1. The lowest BCUT2D eigenvalue weighted by Gasteiger charge is -2.27. The topological polar surface area (TPSA) is 90.5 Å². The smallest absolute Gasteiger partial charge is 0.244 e. The summed E-state index contributed by atoms with van der Waals surface area (Å²) in [5.41, 5.74) is 3.85. The van der Waals surface area contributed by atoms with E-state index in [9.17, 15) is 4.39 Å². The van der Waals surface area contributed by atoms with E-state index in [0.717, 1.165) is 45.6 Å². The van der Waals surface area contributed by atoms with E-state index in [1.54, 1.807) is 12.1 Å². The maximum Gasteiger partial charge on any atom is 0.244 e. The Bertz CT molecular complexity index is 892. The monoisotopic (exact) mass is 444 g/mol. The van der Waals surface area contributed by atoms with Gasteiger partial charge >= 0.3 is 0 Å². The number of hydrogen-bond acceptors (Lipinski definition) is 9. The third-order valence-corrected chi connectivity index (χ3v) is 6.06. The number of rotatable bonds is 9. The van der Waals surface area contributed by atoms with Gasteiger partial charge in [0.05, 0.1) is 7.11 Å². The molecule has 1 atom stereocenters. The Morgan fingerprint density at radius 3 is 2.56 bits per heavy atom. The molecule has 1 aromatic heterocycles. The highest BCUT2D eigenvalue weighted by Crippen LogP contribution is 2.24.